The number of hydrogen-bond acceptors (Lipinski definition) is 4. The molecule has 33 heavy (non-hydrogen) atoms. The van der Waals surface area contributed by atoms with Gasteiger partial charge in [0.1, 0.15) is 12.4 Å². The molecular weight excluding hydrogens is 443 g/mol. The Kier molecular flexibility index (Phi) is 6.50. The van der Waals surface area contributed by atoms with E-state index in [1.54, 1.807) is 36.9 Å². The highest BCUT2D eigenvalue weighted by atomic mass is 32.2. The number of halogens is 1. The third kappa shape index (κ3) is 5.09. The van der Waals surface area contributed by atoms with Crippen LogP contribution < -0.4 is 9.62 Å². The molecule has 0 saturated heterocycles. The quantitative estimate of drug-likeness (QED) is 0.432. The monoisotopic (exact) mass is 464 g/mol. The number of benzene rings is 3. The van der Waals surface area contributed by atoms with Crippen LogP contribution in [0.1, 0.15) is 5.56 Å². The zero-order chi connectivity index (χ0) is 23.3. The SMILES string of the molecule is O=C(CN(c1ccc(F)cc1)S(=O)(=O)c1ccccc1)NCc1ccccc1-n1ccnc1. The molecule has 0 unspecified atom stereocenters. The Morgan fingerprint density at radius 2 is 1.67 bits per heavy atom. The molecule has 7 nitrogen and oxygen atoms in total. The second-order valence-corrected chi connectivity index (χ2v) is 9.04. The summed E-state index contributed by atoms with van der Waals surface area (Å²) < 4.78 is 42.8. The van der Waals surface area contributed by atoms with Gasteiger partial charge in [0.05, 0.1) is 22.6 Å². The first-order valence-corrected chi connectivity index (χ1v) is 11.6. The number of amides is 1. The third-order valence-corrected chi connectivity index (χ3v) is 6.77. The molecule has 9 heteroatoms. The molecule has 0 aliphatic carbocycles. The standard InChI is InChI=1S/C24H21FN4O3S/c25-20-10-12-21(13-11-20)29(33(31,32)22-7-2-1-3-8-22)17-24(30)27-16-19-6-4-5-9-23(19)28-15-14-26-18-28/h1-15,18H,16-17H2,(H,27,30). The van der Waals surface area contributed by atoms with E-state index in [4.69, 9.17) is 0 Å². The van der Waals surface area contributed by atoms with Crippen LogP contribution in [0.15, 0.2) is 102 Å². The number of anilines is 1. The summed E-state index contributed by atoms with van der Waals surface area (Å²) in [5.41, 5.74) is 1.87. The number of nitrogens with one attached hydrogen (secondary N) is 1. The average Bonchev–Trinajstić information content (AvgIpc) is 3.37. The molecular formula is C24H21FN4O3S. The molecule has 1 aromatic heterocycles. The van der Waals surface area contributed by atoms with E-state index in [1.807, 2.05) is 28.8 Å². The molecule has 1 amide bonds. The van der Waals surface area contributed by atoms with Crippen LogP contribution in [0.5, 0.6) is 0 Å². The lowest BCUT2D eigenvalue weighted by Crippen LogP contribution is -2.40. The van der Waals surface area contributed by atoms with Crippen molar-refractivity contribution in [1.29, 1.82) is 0 Å². The number of carbonyl (C=O) groups is 1. The number of nitrogens with zero attached hydrogens (tertiary/aromatic N) is 3. The highest BCUT2D eigenvalue weighted by molar-refractivity contribution is 7.92. The molecule has 168 valence electrons. The maximum absolute atomic E-state index is 13.4. The lowest BCUT2D eigenvalue weighted by atomic mass is 10.1. The summed E-state index contributed by atoms with van der Waals surface area (Å²) in [5.74, 6) is -1.00. The first kappa shape index (κ1) is 22.2. The normalized spacial score (nSPS) is 11.2. The van der Waals surface area contributed by atoms with Gasteiger partial charge in [0.2, 0.25) is 5.91 Å². The molecule has 1 heterocycles. The van der Waals surface area contributed by atoms with E-state index in [-0.39, 0.29) is 17.1 Å². The van der Waals surface area contributed by atoms with E-state index in [0.29, 0.717) is 0 Å². The Morgan fingerprint density at radius 1 is 0.970 bits per heavy atom. The van der Waals surface area contributed by atoms with E-state index in [1.165, 1.54) is 24.3 Å². The molecule has 4 aromatic rings. The van der Waals surface area contributed by atoms with Crippen LogP contribution in [-0.2, 0) is 21.4 Å². The predicted octanol–water partition coefficient (Wildman–Crippen LogP) is 3.52. The Labute approximate surface area is 191 Å². The lowest BCUT2D eigenvalue weighted by Gasteiger charge is -2.24. The Hall–Kier alpha value is -3.98. The molecule has 0 radical (unpaired) electrons. The van der Waals surface area contributed by atoms with Gasteiger partial charge in [-0.3, -0.25) is 9.10 Å². The summed E-state index contributed by atoms with van der Waals surface area (Å²) in [6, 6.07) is 20.3. The molecule has 1 N–H and O–H groups in total. The van der Waals surface area contributed by atoms with Gasteiger partial charge < -0.3 is 9.88 Å². The fourth-order valence-corrected chi connectivity index (χ4v) is 4.78. The summed E-state index contributed by atoms with van der Waals surface area (Å²) in [7, 11) is -4.05. The Morgan fingerprint density at radius 3 is 2.36 bits per heavy atom. The smallest absolute Gasteiger partial charge is 0.264 e. The van der Waals surface area contributed by atoms with Crippen LogP contribution in [0, 0.1) is 5.82 Å². The van der Waals surface area contributed by atoms with Gasteiger partial charge in [-0.05, 0) is 48.0 Å². The van der Waals surface area contributed by atoms with E-state index in [9.17, 15) is 17.6 Å². The zero-order valence-electron chi connectivity index (χ0n) is 17.5. The maximum Gasteiger partial charge on any atom is 0.264 e. The minimum Gasteiger partial charge on any atom is -0.350 e. The minimum absolute atomic E-state index is 0.0348. The highest BCUT2D eigenvalue weighted by Gasteiger charge is 2.27. The summed E-state index contributed by atoms with van der Waals surface area (Å²) in [6.45, 7) is -0.272. The van der Waals surface area contributed by atoms with E-state index in [0.717, 1.165) is 27.7 Å². The predicted molar refractivity (Wildman–Crippen MR) is 123 cm³/mol. The van der Waals surface area contributed by atoms with Crippen molar-refractivity contribution in [2.75, 3.05) is 10.8 Å². The van der Waals surface area contributed by atoms with Crippen molar-refractivity contribution < 1.29 is 17.6 Å². The number of hydrogen-bond donors (Lipinski definition) is 1. The lowest BCUT2D eigenvalue weighted by molar-refractivity contribution is -0.119. The average molecular weight is 465 g/mol. The number of para-hydroxylation sites is 1. The summed E-state index contributed by atoms with van der Waals surface area (Å²) in [4.78, 5) is 16.9. The van der Waals surface area contributed by atoms with Gasteiger partial charge in [-0.2, -0.15) is 0 Å². The molecule has 0 atom stereocenters. The molecule has 0 fully saturated rings. The zero-order valence-corrected chi connectivity index (χ0v) is 18.3. The maximum atomic E-state index is 13.4. The van der Waals surface area contributed by atoms with Crippen LogP contribution in [-0.4, -0.2) is 30.4 Å². The highest BCUT2D eigenvalue weighted by Crippen LogP contribution is 2.24. The van der Waals surface area contributed by atoms with Crippen molar-refractivity contribution in [3.05, 3.63) is 109 Å². The van der Waals surface area contributed by atoms with Crippen LogP contribution in [0.25, 0.3) is 5.69 Å². The molecule has 0 saturated carbocycles. The van der Waals surface area contributed by atoms with Gasteiger partial charge in [-0.15, -0.1) is 0 Å². The number of aromatic nitrogens is 2. The van der Waals surface area contributed by atoms with Crippen molar-refractivity contribution in [3.63, 3.8) is 0 Å². The second-order valence-electron chi connectivity index (χ2n) is 7.18. The van der Waals surface area contributed by atoms with E-state index >= 15 is 0 Å². The summed E-state index contributed by atoms with van der Waals surface area (Å²) in [6.07, 6.45) is 5.11. The van der Waals surface area contributed by atoms with E-state index in [2.05, 4.69) is 10.3 Å². The van der Waals surface area contributed by atoms with Crippen LogP contribution in [0.3, 0.4) is 0 Å². The molecule has 3 aromatic carbocycles. The van der Waals surface area contributed by atoms with Gasteiger partial charge in [0.25, 0.3) is 10.0 Å². The first-order valence-electron chi connectivity index (χ1n) is 10.1. The Bertz CT molecular complexity index is 1330. The molecule has 4 rings (SSSR count). The molecule has 0 bridgehead atoms. The number of sulfonamides is 1. The van der Waals surface area contributed by atoms with Crippen molar-refractivity contribution in [2.45, 2.75) is 11.4 Å². The third-order valence-electron chi connectivity index (χ3n) is 4.98. The van der Waals surface area contributed by atoms with Gasteiger partial charge in [0, 0.05) is 18.9 Å². The topological polar surface area (TPSA) is 84.3 Å². The largest absolute Gasteiger partial charge is 0.350 e. The second kappa shape index (κ2) is 9.66. The number of rotatable bonds is 8. The first-order chi connectivity index (χ1) is 15.9. The van der Waals surface area contributed by atoms with Gasteiger partial charge in [-0.1, -0.05) is 36.4 Å². The molecule has 0 spiro atoms. The van der Waals surface area contributed by atoms with Gasteiger partial charge in [-0.25, -0.2) is 17.8 Å². The molecule has 0 aliphatic rings. The van der Waals surface area contributed by atoms with E-state index < -0.39 is 28.3 Å². The van der Waals surface area contributed by atoms with Crippen LogP contribution in [0.4, 0.5) is 10.1 Å². The van der Waals surface area contributed by atoms with Crippen molar-refractivity contribution >= 4 is 21.6 Å². The summed E-state index contributed by atoms with van der Waals surface area (Å²) in [5, 5.41) is 2.78. The fraction of sp³-hybridized carbons (Fsp3) is 0.0833. The van der Waals surface area contributed by atoms with Crippen molar-refractivity contribution in [3.8, 4) is 5.69 Å². The Balaban J connectivity index is 1.56. The number of carbonyl (C=O) groups excluding carboxylic acids is 1. The van der Waals surface area contributed by atoms with Crippen molar-refractivity contribution in [2.24, 2.45) is 0 Å². The van der Waals surface area contributed by atoms with Crippen LogP contribution in [0.2, 0.25) is 0 Å². The van der Waals surface area contributed by atoms with Crippen molar-refractivity contribution in [1.82, 2.24) is 14.9 Å². The number of imidazole rings is 1. The summed E-state index contributed by atoms with van der Waals surface area (Å²) >= 11 is 0. The molecule has 0 aliphatic heterocycles. The minimum atomic E-state index is -4.05. The fourth-order valence-electron chi connectivity index (χ4n) is 3.34. The van der Waals surface area contributed by atoms with Crippen LogP contribution >= 0.6 is 0 Å². The van der Waals surface area contributed by atoms with Gasteiger partial charge in [0.15, 0.2) is 0 Å². The van der Waals surface area contributed by atoms with Gasteiger partial charge >= 0.3 is 0 Å².